The highest BCUT2D eigenvalue weighted by Crippen LogP contribution is 2.37. The van der Waals surface area contributed by atoms with Gasteiger partial charge in [0.25, 0.3) is 0 Å². The first-order valence-electron chi connectivity index (χ1n) is 5.28. The van der Waals surface area contributed by atoms with Gasteiger partial charge < -0.3 is 5.32 Å². The summed E-state index contributed by atoms with van der Waals surface area (Å²) < 4.78 is 5.83. The Balaban J connectivity index is 1.69. The van der Waals surface area contributed by atoms with Crippen molar-refractivity contribution in [1.82, 2.24) is 29.8 Å². The maximum absolute atomic E-state index is 4.08. The smallest absolute Gasteiger partial charge is 0.209 e. The minimum absolute atomic E-state index is 0.504. The van der Waals surface area contributed by atoms with E-state index in [1.165, 1.54) is 24.4 Å². The molecular formula is C8H11N7S2. The second-order valence-electron chi connectivity index (χ2n) is 3.72. The fourth-order valence-corrected chi connectivity index (χ4v) is 2.96. The van der Waals surface area contributed by atoms with Gasteiger partial charge in [-0.1, -0.05) is 16.3 Å². The van der Waals surface area contributed by atoms with Crippen molar-refractivity contribution < 1.29 is 0 Å². The zero-order valence-electron chi connectivity index (χ0n) is 9.20. The number of anilines is 1. The van der Waals surface area contributed by atoms with Gasteiger partial charge in [-0.2, -0.15) is 0 Å². The van der Waals surface area contributed by atoms with Crippen LogP contribution in [0.1, 0.15) is 24.6 Å². The first-order valence-corrected chi connectivity index (χ1v) is 7.04. The van der Waals surface area contributed by atoms with Crippen LogP contribution in [0.3, 0.4) is 0 Å². The third-order valence-electron chi connectivity index (χ3n) is 2.48. The van der Waals surface area contributed by atoms with Gasteiger partial charge in [0.15, 0.2) is 0 Å². The fourth-order valence-electron chi connectivity index (χ4n) is 1.45. The monoisotopic (exact) mass is 269 g/mol. The van der Waals surface area contributed by atoms with E-state index < -0.39 is 0 Å². The summed E-state index contributed by atoms with van der Waals surface area (Å²) in [6.45, 7) is 0. The van der Waals surface area contributed by atoms with Crippen LogP contribution in [0, 0.1) is 0 Å². The average molecular weight is 269 g/mol. The summed E-state index contributed by atoms with van der Waals surface area (Å²) in [5, 5.41) is 20.8. The highest BCUT2D eigenvalue weighted by molar-refractivity contribution is 7.98. The van der Waals surface area contributed by atoms with Gasteiger partial charge >= 0.3 is 0 Å². The van der Waals surface area contributed by atoms with E-state index in [1.807, 2.05) is 11.7 Å². The molecule has 1 aliphatic carbocycles. The minimum atomic E-state index is 0.504. The van der Waals surface area contributed by atoms with Crippen molar-refractivity contribution in [2.75, 3.05) is 12.4 Å². The summed E-state index contributed by atoms with van der Waals surface area (Å²) in [7, 11) is 1.87. The largest absolute Gasteiger partial charge is 0.377 e. The van der Waals surface area contributed by atoms with Crippen molar-refractivity contribution in [3.05, 3.63) is 5.69 Å². The Morgan fingerprint density at radius 3 is 3.12 bits per heavy atom. The van der Waals surface area contributed by atoms with Crippen molar-refractivity contribution in [2.45, 2.75) is 29.8 Å². The molecule has 0 atom stereocenters. The lowest BCUT2D eigenvalue weighted by Crippen LogP contribution is -1.99. The molecule has 2 heterocycles. The van der Waals surface area contributed by atoms with Gasteiger partial charge in [0, 0.05) is 24.3 Å². The van der Waals surface area contributed by atoms with Crippen LogP contribution in [0.15, 0.2) is 5.16 Å². The van der Waals surface area contributed by atoms with E-state index in [0.717, 1.165) is 21.6 Å². The Hall–Kier alpha value is -1.22. The van der Waals surface area contributed by atoms with Gasteiger partial charge in [-0.15, -0.1) is 10.2 Å². The Bertz CT molecular complexity index is 503. The standard InChI is InChI=1S/C8H11N7S2/c1-9-7-6(10-14-17-7)4-16-8-11-12-13-15(8)5-2-3-5/h5,9H,2-4H2,1H3. The van der Waals surface area contributed by atoms with Crippen molar-refractivity contribution in [3.8, 4) is 0 Å². The number of hydrogen-bond donors (Lipinski definition) is 1. The second kappa shape index (κ2) is 4.57. The topological polar surface area (TPSA) is 81.4 Å². The quantitative estimate of drug-likeness (QED) is 0.816. The molecular weight excluding hydrogens is 258 g/mol. The van der Waals surface area contributed by atoms with Crippen LogP contribution in [0.5, 0.6) is 0 Å². The highest BCUT2D eigenvalue weighted by Gasteiger charge is 2.28. The molecule has 0 bridgehead atoms. The molecule has 0 amide bonds. The van der Waals surface area contributed by atoms with E-state index >= 15 is 0 Å². The number of aromatic nitrogens is 6. The maximum atomic E-state index is 4.08. The van der Waals surface area contributed by atoms with E-state index in [4.69, 9.17) is 0 Å². The number of thioether (sulfide) groups is 1. The SMILES string of the molecule is CNc1snnc1CSc1nnnn1C1CC1. The minimum Gasteiger partial charge on any atom is -0.377 e. The van der Waals surface area contributed by atoms with Crippen molar-refractivity contribution >= 4 is 28.3 Å². The molecule has 9 heteroatoms. The molecule has 0 aromatic carbocycles. The lowest BCUT2D eigenvalue weighted by atomic mass is 10.5. The van der Waals surface area contributed by atoms with Crippen LogP contribution >= 0.6 is 23.3 Å². The second-order valence-corrected chi connectivity index (χ2v) is 5.42. The maximum Gasteiger partial charge on any atom is 0.209 e. The molecule has 2 aromatic heterocycles. The number of rotatable bonds is 5. The molecule has 0 radical (unpaired) electrons. The van der Waals surface area contributed by atoms with Crippen LogP contribution in [0.2, 0.25) is 0 Å². The summed E-state index contributed by atoms with van der Waals surface area (Å²) in [4.78, 5) is 0. The van der Waals surface area contributed by atoms with Crippen LogP contribution in [0.4, 0.5) is 5.00 Å². The third kappa shape index (κ3) is 2.25. The van der Waals surface area contributed by atoms with E-state index in [0.29, 0.717) is 6.04 Å². The van der Waals surface area contributed by atoms with E-state index in [9.17, 15) is 0 Å². The molecule has 7 nitrogen and oxygen atoms in total. The van der Waals surface area contributed by atoms with E-state index in [2.05, 4.69) is 30.4 Å². The van der Waals surface area contributed by atoms with Gasteiger partial charge in [0.05, 0.1) is 6.04 Å². The number of tetrazole rings is 1. The van der Waals surface area contributed by atoms with Gasteiger partial charge in [-0.3, -0.25) is 0 Å². The summed E-state index contributed by atoms with van der Waals surface area (Å²) in [5.41, 5.74) is 0.952. The Morgan fingerprint density at radius 2 is 2.35 bits per heavy atom. The lowest BCUT2D eigenvalue weighted by molar-refractivity contribution is 0.565. The molecule has 1 aliphatic rings. The summed E-state index contributed by atoms with van der Waals surface area (Å²) in [5.74, 6) is 0.736. The van der Waals surface area contributed by atoms with Crippen molar-refractivity contribution in [1.29, 1.82) is 0 Å². The first kappa shape index (κ1) is 10.9. The Labute approximate surface area is 106 Å². The van der Waals surface area contributed by atoms with Gasteiger partial charge in [0.1, 0.15) is 10.7 Å². The molecule has 2 aromatic rings. The number of nitrogens with zero attached hydrogens (tertiary/aromatic N) is 6. The highest BCUT2D eigenvalue weighted by atomic mass is 32.2. The summed E-state index contributed by atoms with van der Waals surface area (Å²) in [6.07, 6.45) is 2.36. The lowest BCUT2D eigenvalue weighted by Gasteiger charge is -2.01. The van der Waals surface area contributed by atoms with Crippen molar-refractivity contribution in [3.63, 3.8) is 0 Å². The predicted molar refractivity (Wildman–Crippen MR) is 65.1 cm³/mol. The van der Waals surface area contributed by atoms with Crippen LogP contribution in [-0.4, -0.2) is 36.8 Å². The molecule has 0 spiro atoms. The molecule has 1 fully saturated rings. The molecule has 1 saturated carbocycles. The predicted octanol–water partition coefficient (Wildman–Crippen LogP) is 1.19. The third-order valence-corrected chi connectivity index (χ3v) is 4.21. The van der Waals surface area contributed by atoms with Crippen LogP contribution < -0.4 is 5.32 Å². The van der Waals surface area contributed by atoms with Crippen molar-refractivity contribution in [2.24, 2.45) is 0 Å². The molecule has 0 aliphatic heterocycles. The first-order chi connectivity index (χ1) is 8.38. The number of nitrogens with one attached hydrogen (secondary N) is 1. The van der Waals surface area contributed by atoms with Gasteiger partial charge in [-0.25, -0.2) is 4.68 Å². The zero-order chi connectivity index (χ0) is 11.7. The Morgan fingerprint density at radius 1 is 1.47 bits per heavy atom. The Kier molecular flexibility index (Phi) is 2.93. The van der Waals surface area contributed by atoms with Crippen LogP contribution in [0.25, 0.3) is 0 Å². The number of hydrogen-bond acceptors (Lipinski definition) is 8. The fraction of sp³-hybridized carbons (Fsp3) is 0.625. The molecule has 3 rings (SSSR count). The zero-order valence-corrected chi connectivity index (χ0v) is 10.8. The average Bonchev–Trinajstić information content (AvgIpc) is 2.93. The van der Waals surface area contributed by atoms with Gasteiger partial charge in [0.2, 0.25) is 5.16 Å². The normalized spacial score (nSPS) is 15.1. The van der Waals surface area contributed by atoms with Gasteiger partial charge in [-0.05, 0) is 23.3 Å². The molecule has 90 valence electrons. The van der Waals surface area contributed by atoms with E-state index in [-0.39, 0.29) is 0 Å². The summed E-state index contributed by atoms with van der Waals surface area (Å²) in [6, 6.07) is 0.504. The molecule has 17 heavy (non-hydrogen) atoms. The van der Waals surface area contributed by atoms with Crippen LogP contribution in [-0.2, 0) is 5.75 Å². The van der Waals surface area contributed by atoms with E-state index in [1.54, 1.807) is 11.8 Å². The molecule has 0 unspecified atom stereocenters. The molecule has 1 N–H and O–H groups in total. The molecule has 0 saturated heterocycles. The summed E-state index contributed by atoms with van der Waals surface area (Å²) >= 11 is 2.97.